The molecule has 5 heteroatoms. The summed E-state index contributed by atoms with van der Waals surface area (Å²) in [5.41, 5.74) is 1.14. The van der Waals surface area contributed by atoms with Gasteiger partial charge in [0.15, 0.2) is 0 Å². The summed E-state index contributed by atoms with van der Waals surface area (Å²) in [5.74, 6) is 0.276. The Bertz CT molecular complexity index is 435. The molecule has 0 amide bonds. The fourth-order valence-electron chi connectivity index (χ4n) is 2.98. The van der Waals surface area contributed by atoms with Crippen LogP contribution in [0, 0.1) is 11.3 Å². The molecule has 1 aromatic heterocycles. The van der Waals surface area contributed by atoms with Crippen LogP contribution >= 0.6 is 11.6 Å². The lowest BCUT2D eigenvalue weighted by atomic mass is 9.71. The number of aliphatic hydroxyl groups is 1. The minimum absolute atomic E-state index is 0.276. The minimum atomic E-state index is -0.530. The Morgan fingerprint density at radius 1 is 1.50 bits per heavy atom. The molecule has 2 rings (SSSR count). The number of hydrogen-bond acceptors (Lipinski definition) is 3. The van der Waals surface area contributed by atoms with Gasteiger partial charge < -0.3 is 9.84 Å². The Labute approximate surface area is 126 Å². The van der Waals surface area contributed by atoms with Crippen molar-refractivity contribution in [2.45, 2.75) is 52.2 Å². The van der Waals surface area contributed by atoms with Gasteiger partial charge in [0, 0.05) is 7.11 Å². The molecule has 1 N–H and O–H groups in total. The van der Waals surface area contributed by atoms with E-state index in [0.29, 0.717) is 23.6 Å². The van der Waals surface area contributed by atoms with Crippen molar-refractivity contribution < 1.29 is 9.84 Å². The van der Waals surface area contributed by atoms with E-state index in [2.05, 4.69) is 18.9 Å². The highest BCUT2D eigenvalue weighted by atomic mass is 35.5. The van der Waals surface area contributed by atoms with Crippen molar-refractivity contribution in [3.05, 3.63) is 16.9 Å². The smallest absolute Gasteiger partial charge is 0.0999 e. The van der Waals surface area contributed by atoms with Gasteiger partial charge in [0.25, 0.3) is 0 Å². The molecule has 1 saturated carbocycles. The second-order valence-electron chi connectivity index (χ2n) is 6.54. The highest BCUT2D eigenvalue weighted by molar-refractivity contribution is 6.31. The summed E-state index contributed by atoms with van der Waals surface area (Å²) in [7, 11) is 1.66. The second kappa shape index (κ2) is 6.46. The summed E-state index contributed by atoms with van der Waals surface area (Å²) in [6.07, 6.45) is 5.47. The third-order valence-corrected chi connectivity index (χ3v) is 4.74. The van der Waals surface area contributed by atoms with Crippen LogP contribution in [0.4, 0.5) is 0 Å². The Morgan fingerprint density at radius 2 is 2.15 bits per heavy atom. The summed E-state index contributed by atoms with van der Waals surface area (Å²) in [4.78, 5) is 0. The summed E-state index contributed by atoms with van der Waals surface area (Å²) < 4.78 is 6.85. The Morgan fingerprint density at radius 3 is 2.75 bits per heavy atom. The SMILES string of the molecule is COCCn1ncc(Cl)c1C(O)C1CCC(C)(C)CC1. The summed E-state index contributed by atoms with van der Waals surface area (Å²) in [6.45, 7) is 5.78. The van der Waals surface area contributed by atoms with Crippen LogP contribution in [0.25, 0.3) is 0 Å². The fourth-order valence-corrected chi connectivity index (χ4v) is 3.24. The first-order valence-electron chi connectivity index (χ1n) is 7.33. The minimum Gasteiger partial charge on any atom is -0.386 e. The van der Waals surface area contributed by atoms with Gasteiger partial charge in [0.05, 0.1) is 36.2 Å². The standard InChI is InChI=1S/C15H25ClN2O2/c1-15(2)6-4-11(5-7-15)14(19)13-12(16)10-17-18(13)8-9-20-3/h10-11,14,19H,4-9H2,1-3H3. The van der Waals surface area contributed by atoms with Crippen molar-refractivity contribution in [2.24, 2.45) is 11.3 Å². The van der Waals surface area contributed by atoms with E-state index >= 15 is 0 Å². The molecule has 0 spiro atoms. The van der Waals surface area contributed by atoms with Crippen LogP contribution in [-0.2, 0) is 11.3 Å². The number of aliphatic hydroxyl groups excluding tert-OH is 1. The highest BCUT2D eigenvalue weighted by Gasteiger charge is 2.33. The third kappa shape index (κ3) is 3.54. The van der Waals surface area contributed by atoms with E-state index in [1.165, 1.54) is 0 Å². The average Bonchev–Trinajstić information content (AvgIpc) is 2.76. The van der Waals surface area contributed by atoms with E-state index in [9.17, 15) is 5.11 Å². The zero-order chi connectivity index (χ0) is 14.8. The lowest BCUT2D eigenvalue weighted by Gasteiger charge is -2.36. The van der Waals surface area contributed by atoms with Crippen LogP contribution in [0.15, 0.2) is 6.20 Å². The fraction of sp³-hybridized carbons (Fsp3) is 0.800. The molecular weight excluding hydrogens is 276 g/mol. The second-order valence-corrected chi connectivity index (χ2v) is 6.95. The summed E-state index contributed by atoms with van der Waals surface area (Å²) in [6, 6.07) is 0. The molecule has 114 valence electrons. The zero-order valence-corrected chi connectivity index (χ0v) is 13.4. The predicted molar refractivity (Wildman–Crippen MR) is 79.8 cm³/mol. The van der Waals surface area contributed by atoms with E-state index in [1.807, 2.05) is 0 Å². The van der Waals surface area contributed by atoms with Crippen LogP contribution in [-0.4, -0.2) is 28.6 Å². The van der Waals surface area contributed by atoms with E-state index in [4.69, 9.17) is 16.3 Å². The van der Waals surface area contributed by atoms with Crippen LogP contribution in [0.5, 0.6) is 0 Å². The van der Waals surface area contributed by atoms with E-state index in [-0.39, 0.29) is 5.92 Å². The monoisotopic (exact) mass is 300 g/mol. The zero-order valence-electron chi connectivity index (χ0n) is 12.6. The van der Waals surface area contributed by atoms with E-state index in [0.717, 1.165) is 31.4 Å². The molecular formula is C15H25ClN2O2. The molecule has 1 aromatic rings. The van der Waals surface area contributed by atoms with Gasteiger partial charge in [-0.15, -0.1) is 0 Å². The van der Waals surface area contributed by atoms with E-state index in [1.54, 1.807) is 18.0 Å². The van der Waals surface area contributed by atoms with Crippen LogP contribution in [0.3, 0.4) is 0 Å². The average molecular weight is 301 g/mol. The van der Waals surface area contributed by atoms with Crippen LogP contribution < -0.4 is 0 Å². The largest absolute Gasteiger partial charge is 0.386 e. The number of aromatic nitrogens is 2. The van der Waals surface area contributed by atoms with Gasteiger partial charge in [-0.3, -0.25) is 4.68 Å². The van der Waals surface area contributed by atoms with Crippen molar-refractivity contribution >= 4 is 11.6 Å². The van der Waals surface area contributed by atoms with Crippen molar-refractivity contribution in [1.29, 1.82) is 0 Å². The van der Waals surface area contributed by atoms with Gasteiger partial charge in [-0.25, -0.2) is 0 Å². The molecule has 1 unspecified atom stereocenters. The molecule has 1 aliphatic carbocycles. The van der Waals surface area contributed by atoms with Crippen molar-refractivity contribution in [1.82, 2.24) is 9.78 Å². The van der Waals surface area contributed by atoms with Gasteiger partial charge in [0.2, 0.25) is 0 Å². The molecule has 20 heavy (non-hydrogen) atoms. The van der Waals surface area contributed by atoms with E-state index < -0.39 is 6.10 Å². The normalized spacial score (nSPS) is 21.1. The number of halogens is 1. The molecule has 4 nitrogen and oxygen atoms in total. The molecule has 1 heterocycles. The van der Waals surface area contributed by atoms with Crippen molar-refractivity contribution in [3.8, 4) is 0 Å². The summed E-state index contributed by atoms with van der Waals surface area (Å²) in [5, 5.41) is 15.5. The Hall–Kier alpha value is -0.580. The molecule has 0 bridgehead atoms. The van der Waals surface area contributed by atoms with Crippen LogP contribution in [0.2, 0.25) is 5.02 Å². The molecule has 0 saturated heterocycles. The lowest BCUT2D eigenvalue weighted by Crippen LogP contribution is -2.26. The first-order valence-corrected chi connectivity index (χ1v) is 7.70. The Balaban J connectivity index is 2.09. The Kier molecular flexibility index (Phi) is 5.10. The molecule has 1 fully saturated rings. The van der Waals surface area contributed by atoms with Gasteiger partial charge >= 0.3 is 0 Å². The maximum absolute atomic E-state index is 10.7. The van der Waals surface area contributed by atoms with Gasteiger partial charge in [0.1, 0.15) is 0 Å². The topological polar surface area (TPSA) is 47.3 Å². The molecule has 1 atom stereocenters. The maximum atomic E-state index is 10.7. The molecule has 0 radical (unpaired) electrons. The number of nitrogens with zero attached hydrogens (tertiary/aromatic N) is 2. The summed E-state index contributed by atoms with van der Waals surface area (Å²) >= 11 is 6.21. The first-order chi connectivity index (χ1) is 9.44. The molecule has 0 aromatic carbocycles. The number of rotatable bonds is 5. The quantitative estimate of drug-likeness (QED) is 0.906. The highest BCUT2D eigenvalue weighted by Crippen LogP contribution is 2.43. The number of hydrogen-bond donors (Lipinski definition) is 1. The van der Waals surface area contributed by atoms with Crippen molar-refractivity contribution in [2.75, 3.05) is 13.7 Å². The van der Waals surface area contributed by atoms with Gasteiger partial charge in [-0.2, -0.15) is 5.10 Å². The predicted octanol–water partition coefficient (Wildman–Crippen LogP) is 3.43. The lowest BCUT2D eigenvalue weighted by molar-refractivity contribution is 0.0494. The maximum Gasteiger partial charge on any atom is 0.0999 e. The third-order valence-electron chi connectivity index (χ3n) is 4.45. The first kappa shape index (κ1) is 15.8. The number of methoxy groups -OCH3 is 1. The number of ether oxygens (including phenoxy) is 1. The van der Waals surface area contributed by atoms with Crippen molar-refractivity contribution in [3.63, 3.8) is 0 Å². The molecule has 0 aliphatic heterocycles. The van der Waals surface area contributed by atoms with Crippen LogP contribution in [0.1, 0.15) is 51.3 Å². The molecule has 1 aliphatic rings. The van der Waals surface area contributed by atoms with Gasteiger partial charge in [-0.05, 0) is 37.0 Å². The van der Waals surface area contributed by atoms with Gasteiger partial charge in [-0.1, -0.05) is 25.4 Å².